The van der Waals surface area contributed by atoms with Crippen molar-refractivity contribution in [2.75, 3.05) is 18.5 Å². The lowest BCUT2D eigenvalue weighted by Crippen LogP contribution is -2.31. The third-order valence-corrected chi connectivity index (χ3v) is 10.2. The van der Waals surface area contributed by atoms with Gasteiger partial charge in [-0.1, -0.05) is 0 Å². The summed E-state index contributed by atoms with van der Waals surface area (Å²) in [6.45, 7) is 12.0. The van der Waals surface area contributed by atoms with Gasteiger partial charge in [0.25, 0.3) is 0 Å². The van der Waals surface area contributed by atoms with Crippen LogP contribution in [0.5, 0.6) is 0 Å². The Kier molecular flexibility index (Phi) is 25.1. The van der Waals surface area contributed by atoms with Crippen LogP contribution in [-0.2, 0) is 19.1 Å². The van der Waals surface area contributed by atoms with Crippen LogP contribution in [0.4, 0.5) is 5.82 Å². The molecule has 3 heterocycles. The Labute approximate surface area is 363 Å². The first-order valence-corrected chi connectivity index (χ1v) is 25.1. The van der Waals surface area contributed by atoms with E-state index in [9.17, 15) is 24.6 Å². The number of halogens is 4. The van der Waals surface area contributed by atoms with Gasteiger partial charge in [-0.25, -0.2) is 14.8 Å². The fourth-order valence-corrected chi connectivity index (χ4v) is 7.22. The smallest absolute Gasteiger partial charge is 0.340 e. The van der Waals surface area contributed by atoms with Crippen LogP contribution < -0.4 is 5.32 Å². The summed E-state index contributed by atoms with van der Waals surface area (Å²) in [6.07, 6.45) is 11.0. The van der Waals surface area contributed by atoms with Crippen LogP contribution in [0.2, 0.25) is 0 Å². The Morgan fingerprint density at radius 3 is 1.96 bits per heavy atom. The molecule has 0 unspecified atom stereocenters. The molecule has 0 aliphatic heterocycles. The topological polar surface area (TPSA) is 153 Å². The van der Waals surface area contributed by atoms with Gasteiger partial charge in [0.2, 0.25) is 0 Å². The number of carbonyl (C=O) groups is 3. The van der Waals surface area contributed by atoms with Gasteiger partial charge in [-0.05, 0) is 145 Å². The number of fused-ring (bicyclic) bond motifs is 1. The van der Waals surface area contributed by atoms with Crippen LogP contribution in [0.3, 0.4) is 0 Å². The van der Waals surface area contributed by atoms with Gasteiger partial charge in [-0.2, -0.15) is 0 Å². The molecule has 2 aliphatic rings. The lowest BCUT2D eigenvalue weighted by Gasteiger charge is -2.32. The van der Waals surface area contributed by atoms with Gasteiger partial charge in [0, 0.05) is 72.8 Å². The van der Waals surface area contributed by atoms with Crippen molar-refractivity contribution in [1.29, 1.82) is 0 Å². The molecular formula is C38H56BrI3N4O7. The number of rotatable bonds is 10. The first-order valence-electron chi connectivity index (χ1n) is 18.0. The average Bonchev–Trinajstić information content (AvgIpc) is 3.42. The highest BCUT2D eigenvalue weighted by Gasteiger charge is 2.30. The number of esters is 2. The molecule has 0 aromatic carbocycles. The van der Waals surface area contributed by atoms with Crippen LogP contribution in [-0.4, -0.2) is 73.9 Å². The summed E-state index contributed by atoms with van der Waals surface area (Å²) >= 11 is 7.73. The summed E-state index contributed by atoms with van der Waals surface area (Å²) in [5, 5.41) is 23.6. The van der Waals surface area contributed by atoms with Crippen molar-refractivity contribution in [1.82, 2.24) is 14.5 Å². The number of anilines is 1. The molecular weight excluding hydrogens is 1090 g/mol. The molecule has 15 heteroatoms. The van der Waals surface area contributed by atoms with Crippen LogP contribution >= 0.6 is 77.1 Å². The molecule has 298 valence electrons. The first-order chi connectivity index (χ1) is 24.9. The number of nitrogens with zero attached hydrogens (tertiary/aromatic N) is 3. The maximum atomic E-state index is 12.4. The molecule has 5 rings (SSSR count). The second kappa shape index (κ2) is 26.6. The number of carbonyl (C=O) groups excluding carboxylic acids is 3. The Hall–Kier alpha value is -1.16. The van der Waals surface area contributed by atoms with Gasteiger partial charge < -0.3 is 29.6 Å². The molecule has 2 saturated carbocycles. The SMILES string of the molecule is CCOC(=O)CC(C)=O.CCOC(=O)c1c(C)n([C@H](C)C2CCC(O)CC2)c2ncccc12.C[C@@H](Nc1ncccc1Br)C1CCC(O)CC1.I.II. The molecule has 0 radical (unpaired) electrons. The van der Waals surface area contributed by atoms with E-state index in [-0.39, 0.29) is 60.4 Å². The van der Waals surface area contributed by atoms with E-state index in [0.29, 0.717) is 36.7 Å². The van der Waals surface area contributed by atoms with Crippen molar-refractivity contribution < 1.29 is 34.1 Å². The van der Waals surface area contributed by atoms with Gasteiger partial charge in [0.15, 0.2) is 0 Å². The number of hydrogen-bond donors (Lipinski definition) is 3. The minimum atomic E-state index is -0.440. The Morgan fingerprint density at radius 1 is 0.906 bits per heavy atom. The fraction of sp³-hybridized carbons (Fsp3) is 0.605. The molecule has 3 aromatic heterocycles. The first kappa shape index (κ1) is 49.9. The monoisotopic (exact) mass is 1140 g/mol. The summed E-state index contributed by atoms with van der Waals surface area (Å²) in [5.74, 6) is 1.15. The Balaban J connectivity index is 0.000000423. The quantitative estimate of drug-likeness (QED) is 0.102. The third-order valence-electron chi connectivity index (χ3n) is 9.59. The van der Waals surface area contributed by atoms with Crippen LogP contribution in [0.1, 0.15) is 114 Å². The number of hydrogen-bond acceptors (Lipinski definition) is 10. The minimum Gasteiger partial charge on any atom is -0.466 e. The minimum absolute atomic E-state index is 0. The highest BCUT2D eigenvalue weighted by molar-refractivity contribution is 15.0. The number of aliphatic hydroxyl groups is 2. The zero-order chi connectivity index (χ0) is 38.8. The van der Waals surface area contributed by atoms with E-state index in [1.807, 2.05) is 38.1 Å². The molecule has 0 amide bonds. The van der Waals surface area contributed by atoms with E-state index in [1.54, 1.807) is 19.3 Å². The molecule has 11 nitrogen and oxygen atoms in total. The van der Waals surface area contributed by atoms with E-state index in [1.165, 1.54) is 6.92 Å². The lowest BCUT2D eigenvalue weighted by molar-refractivity contribution is -0.145. The zero-order valence-electron chi connectivity index (χ0n) is 31.5. The summed E-state index contributed by atoms with van der Waals surface area (Å²) in [7, 11) is 0. The standard InChI is InChI=1S/C19H26N2O3.C13H19BrN2O.C6H10O3.I2.HI/c1-4-24-19(23)17-13(3)21(18-16(17)6-5-11-20-18)12(2)14-7-9-15(22)10-8-14;1-9(10-4-6-11(17)7-5-10)16-13-12(14)3-2-8-15-13;1-3-9-6(8)4-5(2)7;1-2;/h5-6,11-12,14-15,22H,4,7-10H2,1-3H3;2-3,8-11,17H,4-7H2,1H3,(H,15,16);3-4H2,1-2H3;;1H/t12-,14?,15?;9-,10?,11?;;;/m11.../s1. The maximum absolute atomic E-state index is 12.4. The molecule has 0 bridgehead atoms. The van der Waals surface area contributed by atoms with E-state index in [2.05, 4.69) is 91.6 Å². The highest BCUT2D eigenvalue weighted by atomic mass is 128. The van der Waals surface area contributed by atoms with Crippen molar-refractivity contribution in [3.63, 3.8) is 0 Å². The molecule has 2 fully saturated rings. The highest BCUT2D eigenvalue weighted by Crippen LogP contribution is 2.37. The van der Waals surface area contributed by atoms with Crippen molar-refractivity contribution in [3.05, 3.63) is 52.4 Å². The third kappa shape index (κ3) is 16.1. The molecule has 0 spiro atoms. The summed E-state index contributed by atoms with van der Waals surface area (Å²) in [5.41, 5.74) is 2.39. The summed E-state index contributed by atoms with van der Waals surface area (Å²) in [4.78, 5) is 41.9. The van der Waals surface area contributed by atoms with E-state index in [4.69, 9.17) is 4.74 Å². The predicted molar refractivity (Wildman–Crippen MR) is 241 cm³/mol. The summed E-state index contributed by atoms with van der Waals surface area (Å²) < 4.78 is 12.9. The van der Waals surface area contributed by atoms with Crippen molar-refractivity contribution in [2.24, 2.45) is 11.8 Å². The lowest BCUT2D eigenvalue weighted by atomic mass is 9.83. The molecule has 0 saturated heterocycles. The number of aromatic nitrogens is 3. The largest absolute Gasteiger partial charge is 0.466 e. The van der Waals surface area contributed by atoms with Gasteiger partial charge in [-0.15, -0.1) is 24.0 Å². The fourth-order valence-electron chi connectivity index (χ4n) is 6.85. The van der Waals surface area contributed by atoms with Crippen molar-refractivity contribution >= 4 is 112 Å². The maximum Gasteiger partial charge on any atom is 0.340 e. The van der Waals surface area contributed by atoms with Crippen molar-refractivity contribution in [2.45, 2.75) is 124 Å². The molecule has 53 heavy (non-hydrogen) atoms. The average molecular weight is 1140 g/mol. The van der Waals surface area contributed by atoms with Gasteiger partial charge >= 0.3 is 11.9 Å². The van der Waals surface area contributed by atoms with Crippen LogP contribution in [0, 0.1) is 18.8 Å². The second-order valence-electron chi connectivity index (χ2n) is 13.3. The van der Waals surface area contributed by atoms with E-state index < -0.39 is 5.97 Å². The Bertz CT molecular complexity index is 1550. The van der Waals surface area contributed by atoms with Crippen LogP contribution in [0.25, 0.3) is 11.0 Å². The number of nitrogens with one attached hydrogen (secondary N) is 1. The number of Topliss-reactive ketones (excluding diaryl/α,β-unsaturated/α-hetero) is 1. The van der Waals surface area contributed by atoms with Gasteiger partial charge in [0.05, 0.1) is 35.5 Å². The molecule has 3 aromatic rings. The second-order valence-corrected chi connectivity index (χ2v) is 14.1. The van der Waals surface area contributed by atoms with E-state index >= 15 is 0 Å². The van der Waals surface area contributed by atoms with E-state index in [0.717, 1.165) is 78.4 Å². The number of ether oxygens (including phenoxy) is 2. The number of ketones is 1. The van der Waals surface area contributed by atoms with Gasteiger partial charge in [0.1, 0.15) is 23.7 Å². The van der Waals surface area contributed by atoms with Crippen molar-refractivity contribution in [3.8, 4) is 0 Å². The summed E-state index contributed by atoms with van der Waals surface area (Å²) in [6, 6.07) is 8.34. The van der Waals surface area contributed by atoms with Gasteiger partial charge in [-0.3, -0.25) is 9.59 Å². The number of pyridine rings is 2. The molecule has 2 atom stereocenters. The predicted octanol–water partition coefficient (Wildman–Crippen LogP) is 9.75. The van der Waals surface area contributed by atoms with Crippen LogP contribution in [0.15, 0.2) is 41.1 Å². The number of aliphatic hydroxyl groups excluding tert-OH is 2. The molecule has 3 N–H and O–H groups in total. The normalized spacial score (nSPS) is 20.3. The zero-order valence-corrected chi connectivity index (χ0v) is 39.8. The Morgan fingerprint density at radius 2 is 1.43 bits per heavy atom. The molecule has 2 aliphatic carbocycles.